The number of nitriles is 1. The van der Waals surface area contributed by atoms with Gasteiger partial charge in [0, 0.05) is 11.5 Å². The normalized spacial score (nSPS) is 12.3. The lowest BCUT2D eigenvalue weighted by Gasteiger charge is -2.06. The van der Waals surface area contributed by atoms with Gasteiger partial charge in [0.05, 0.1) is 6.26 Å². The lowest BCUT2D eigenvalue weighted by molar-refractivity contribution is 0.276. The first-order valence-electron chi connectivity index (χ1n) is 4.33. The van der Waals surface area contributed by atoms with Crippen LogP contribution in [0.5, 0.6) is 5.75 Å². The molecule has 2 rings (SSSR count). The largest absolute Gasteiger partial charge is 0.476 e. The van der Waals surface area contributed by atoms with E-state index in [9.17, 15) is 0 Å². The summed E-state index contributed by atoms with van der Waals surface area (Å²) in [4.78, 5) is 0. The summed E-state index contributed by atoms with van der Waals surface area (Å²) in [6.45, 7) is 1.70. The minimum atomic E-state index is -0.442. The minimum absolute atomic E-state index is 0.442. The summed E-state index contributed by atoms with van der Waals surface area (Å²) in [6.07, 6.45) is 1.18. The first kappa shape index (κ1) is 8.64. The topological polar surface area (TPSA) is 46.2 Å². The van der Waals surface area contributed by atoms with E-state index in [1.54, 1.807) is 19.3 Å². The molecule has 0 saturated carbocycles. The second-order valence-corrected chi connectivity index (χ2v) is 3.01. The summed E-state index contributed by atoms with van der Waals surface area (Å²) in [7, 11) is 0. The van der Waals surface area contributed by atoms with Crippen LogP contribution in [0.1, 0.15) is 6.92 Å². The fraction of sp³-hybridized carbons (Fsp3) is 0.182. The molecule has 0 aliphatic carbocycles. The van der Waals surface area contributed by atoms with Crippen LogP contribution in [0.2, 0.25) is 0 Å². The maximum atomic E-state index is 8.57. The number of fused-ring (bicyclic) bond motifs is 1. The van der Waals surface area contributed by atoms with E-state index >= 15 is 0 Å². The number of nitrogens with zero attached hydrogens (tertiary/aromatic N) is 1. The highest BCUT2D eigenvalue weighted by atomic mass is 16.5. The van der Waals surface area contributed by atoms with Gasteiger partial charge >= 0.3 is 0 Å². The van der Waals surface area contributed by atoms with Crippen molar-refractivity contribution in [2.45, 2.75) is 13.0 Å². The first-order chi connectivity index (χ1) is 6.79. The number of ether oxygens (including phenoxy) is 1. The molecule has 0 aliphatic heterocycles. The van der Waals surface area contributed by atoms with Gasteiger partial charge < -0.3 is 9.15 Å². The molecule has 1 aromatic carbocycles. The molecule has 0 bridgehead atoms. The van der Waals surface area contributed by atoms with Crippen molar-refractivity contribution in [1.29, 1.82) is 5.26 Å². The van der Waals surface area contributed by atoms with Crippen LogP contribution in [0, 0.1) is 11.3 Å². The van der Waals surface area contributed by atoms with Gasteiger partial charge in [-0.3, -0.25) is 0 Å². The third-order valence-electron chi connectivity index (χ3n) is 1.92. The fourth-order valence-corrected chi connectivity index (χ4v) is 1.24. The number of furan rings is 1. The summed E-state index contributed by atoms with van der Waals surface area (Å²) < 4.78 is 10.5. The molecule has 70 valence electrons. The predicted molar refractivity (Wildman–Crippen MR) is 51.9 cm³/mol. The molecule has 0 spiro atoms. The maximum absolute atomic E-state index is 8.57. The van der Waals surface area contributed by atoms with Crippen LogP contribution in [0.15, 0.2) is 34.9 Å². The molecule has 1 heterocycles. The fourth-order valence-electron chi connectivity index (χ4n) is 1.24. The van der Waals surface area contributed by atoms with E-state index in [-0.39, 0.29) is 0 Å². The lowest BCUT2D eigenvalue weighted by Crippen LogP contribution is -2.07. The van der Waals surface area contributed by atoms with E-state index in [4.69, 9.17) is 14.4 Å². The maximum Gasteiger partial charge on any atom is 0.181 e. The van der Waals surface area contributed by atoms with Crippen molar-refractivity contribution in [1.82, 2.24) is 0 Å². The van der Waals surface area contributed by atoms with E-state index < -0.39 is 6.10 Å². The van der Waals surface area contributed by atoms with E-state index in [2.05, 4.69) is 0 Å². The molecule has 2 aromatic rings. The SMILES string of the molecule is CC(C#N)Oc1ccc2ccoc2c1. The van der Waals surface area contributed by atoms with Gasteiger partial charge in [0.1, 0.15) is 17.4 Å². The van der Waals surface area contributed by atoms with Crippen molar-refractivity contribution in [2.24, 2.45) is 0 Å². The summed E-state index contributed by atoms with van der Waals surface area (Å²) in [5.41, 5.74) is 0.771. The Morgan fingerprint density at radius 3 is 3.07 bits per heavy atom. The lowest BCUT2D eigenvalue weighted by atomic mass is 10.2. The van der Waals surface area contributed by atoms with Crippen LogP contribution in [0.4, 0.5) is 0 Å². The average molecular weight is 187 g/mol. The third kappa shape index (κ3) is 1.55. The Kier molecular flexibility index (Phi) is 2.11. The highest BCUT2D eigenvalue weighted by Gasteiger charge is 2.03. The zero-order valence-electron chi connectivity index (χ0n) is 7.73. The van der Waals surface area contributed by atoms with Crippen LogP contribution >= 0.6 is 0 Å². The van der Waals surface area contributed by atoms with Crippen molar-refractivity contribution in [3.63, 3.8) is 0 Å². The molecule has 0 aliphatic rings. The van der Waals surface area contributed by atoms with Gasteiger partial charge in [-0.25, -0.2) is 0 Å². The Morgan fingerprint density at radius 2 is 2.29 bits per heavy atom. The predicted octanol–water partition coefficient (Wildman–Crippen LogP) is 2.72. The summed E-state index contributed by atoms with van der Waals surface area (Å²) >= 11 is 0. The zero-order valence-corrected chi connectivity index (χ0v) is 7.73. The standard InChI is InChI=1S/C11H9NO2/c1-8(7-12)14-10-3-2-9-4-5-13-11(9)6-10/h2-6,8H,1H3. The number of rotatable bonds is 2. The Balaban J connectivity index is 2.31. The van der Waals surface area contributed by atoms with Crippen molar-refractivity contribution < 1.29 is 9.15 Å². The molecular formula is C11H9NO2. The van der Waals surface area contributed by atoms with E-state index in [0.717, 1.165) is 11.0 Å². The monoisotopic (exact) mass is 187 g/mol. The van der Waals surface area contributed by atoms with Crippen LogP contribution < -0.4 is 4.74 Å². The van der Waals surface area contributed by atoms with E-state index in [1.807, 2.05) is 24.3 Å². The zero-order chi connectivity index (χ0) is 9.97. The molecule has 3 heteroatoms. The molecule has 1 unspecified atom stereocenters. The number of hydrogen-bond donors (Lipinski definition) is 0. The minimum Gasteiger partial charge on any atom is -0.476 e. The van der Waals surface area contributed by atoms with Gasteiger partial charge in [0.15, 0.2) is 6.10 Å². The van der Waals surface area contributed by atoms with Crippen molar-refractivity contribution in [3.8, 4) is 11.8 Å². The van der Waals surface area contributed by atoms with Gasteiger partial charge in [0.25, 0.3) is 0 Å². The van der Waals surface area contributed by atoms with Gasteiger partial charge in [-0.05, 0) is 25.1 Å². The summed E-state index contributed by atoms with van der Waals surface area (Å²) in [5, 5.41) is 9.60. The molecule has 1 aromatic heterocycles. The Morgan fingerprint density at radius 1 is 1.43 bits per heavy atom. The second kappa shape index (κ2) is 3.43. The third-order valence-corrected chi connectivity index (χ3v) is 1.92. The van der Waals surface area contributed by atoms with Gasteiger partial charge in [-0.2, -0.15) is 5.26 Å². The number of benzene rings is 1. The Labute approximate surface area is 81.5 Å². The van der Waals surface area contributed by atoms with Crippen LogP contribution in [0.25, 0.3) is 11.0 Å². The molecule has 0 saturated heterocycles. The molecule has 0 radical (unpaired) electrons. The van der Waals surface area contributed by atoms with E-state index in [1.165, 1.54) is 0 Å². The molecule has 1 atom stereocenters. The van der Waals surface area contributed by atoms with Crippen LogP contribution in [0.3, 0.4) is 0 Å². The quantitative estimate of drug-likeness (QED) is 0.726. The van der Waals surface area contributed by atoms with Gasteiger partial charge in [-0.15, -0.1) is 0 Å². The molecule has 14 heavy (non-hydrogen) atoms. The highest BCUT2D eigenvalue weighted by Crippen LogP contribution is 2.22. The molecule has 3 nitrogen and oxygen atoms in total. The average Bonchev–Trinajstić information content (AvgIpc) is 2.64. The van der Waals surface area contributed by atoms with E-state index in [0.29, 0.717) is 5.75 Å². The smallest absolute Gasteiger partial charge is 0.181 e. The van der Waals surface area contributed by atoms with Gasteiger partial charge in [-0.1, -0.05) is 0 Å². The molecule has 0 N–H and O–H groups in total. The second-order valence-electron chi connectivity index (χ2n) is 3.01. The Hall–Kier alpha value is -1.95. The van der Waals surface area contributed by atoms with Crippen molar-refractivity contribution in [3.05, 3.63) is 30.5 Å². The van der Waals surface area contributed by atoms with Crippen molar-refractivity contribution >= 4 is 11.0 Å². The Bertz CT molecular complexity index is 481. The molecule has 0 fully saturated rings. The number of hydrogen-bond acceptors (Lipinski definition) is 3. The summed E-state index contributed by atoms with van der Waals surface area (Å²) in [6, 6.07) is 9.39. The van der Waals surface area contributed by atoms with Gasteiger partial charge in [0.2, 0.25) is 0 Å². The van der Waals surface area contributed by atoms with Crippen molar-refractivity contribution in [2.75, 3.05) is 0 Å². The van der Waals surface area contributed by atoms with Crippen LogP contribution in [-0.4, -0.2) is 6.10 Å². The highest BCUT2D eigenvalue weighted by molar-refractivity contribution is 5.78. The molecular weight excluding hydrogens is 178 g/mol. The summed E-state index contributed by atoms with van der Waals surface area (Å²) in [5.74, 6) is 0.654. The first-order valence-corrected chi connectivity index (χ1v) is 4.33. The molecule has 0 amide bonds. The van der Waals surface area contributed by atoms with Crippen LogP contribution in [-0.2, 0) is 0 Å².